The molecule has 3 aromatic rings. The molecular weight excluding hydrogens is 294 g/mol. The summed E-state index contributed by atoms with van der Waals surface area (Å²) in [5.74, 6) is -0.170. The van der Waals surface area contributed by atoms with E-state index in [0.29, 0.717) is 18.0 Å². The van der Waals surface area contributed by atoms with Crippen LogP contribution in [0.15, 0.2) is 54.7 Å². The van der Waals surface area contributed by atoms with Gasteiger partial charge in [0.15, 0.2) is 0 Å². The van der Waals surface area contributed by atoms with Crippen LogP contribution in [0.1, 0.15) is 17.3 Å². The average Bonchev–Trinajstić information content (AvgIpc) is 3.06. The molecule has 1 heterocycles. The van der Waals surface area contributed by atoms with Gasteiger partial charge >= 0.3 is 5.97 Å². The van der Waals surface area contributed by atoms with Crippen molar-refractivity contribution in [2.75, 3.05) is 6.61 Å². The molecule has 0 radical (unpaired) electrons. The monoisotopic (exact) mass is 309 g/mol. The molecule has 116 valence electrons. The Hall–Kier alpha value is -3.15. The van der Waals surface area contributed by atoms with Crippen molar-refractivity contribution < 1.29 is 14.6 Å². The Bertz CT molecular complexity index is 825. The van der Waals surface area contributed by atoms with E-state index in [0.717, 1.165) is 11.3 Å². The number of hydrogen-bond donors (Lipinski definition) is 1. The highest BCUT2D eigenvalue weighted by Crippen LogP contribution is 2.21. The van der Waals surface area contributed by atoms with E-state index in [9.17, 15) is 4.79 Å². The fraction of sp³-hybridized carbons (Fsp3) is 0.118. The van der Waals surface area contributed by atoms with Gasteiger partial charge in [0.25, 0.3) is 0 Å². The van der Waals surface area contributed by atoms with E-state index < -0.39 is 5.97 Å². The standard InChI is InChI=1S/C17H15N3O3/c1-2-23-15-8-6-12(7-9-15)16-11-20(19-18-16)14-5-3-4-13(10-14)17(21)22/h3-11H,2H2,1H3,(H,21,22). The fourth-order valence-corrected chi connectivity index (χ4v) is 2.19. The second-order valence-electron chi connectivity index (χ2n) is 4.86. The van der Waals surface area contributed by atoms with Crippen molar-refractivity contribution in [1.82, 2.24) is 15.0 Å². The highest BCUT2D eigenvalue weighted by molar-refractivity contribution is 5.88. The molecule has 0 unspecified atom stereocenters. The lowest BCUT2D eigenvalue weighted by molar-refractivity contribution is 0.0697. The molecule has 0 atom stereocenters. The summed E-state index contributed by atoms with van der Waals surface area (Å²) < 4.78 is 6.96. The Morgan fingerprint density at radius 3 is 2.70 bits per heavy atom. The van der Waals surface area contributed by atoms with E-state index in [1.165, 1.54) is 6.07 Å². The Kier molecular flexibility index (Phi) is 4.05. The lowest BCUT2D eigenvalue weighted by atomic mass is 10.1. The van der Waals surface area contributed by atoms with Crippen LogP contribution in [0, 0.1) is 0 Å². The lowest BCUT2D eigenvalue weighted by Gasteiger charge is -2.03. The highest BCUT2D eigenvalue weighted by atomic mass is 16.5. The van der Waals surface area contributed by atoms with Gasteiger partial charge in [0.2, 0.25) is 0 Å². The fourth-order valence-electron chi connectivity index (χ4n) is 2.19. The summed E-state index contributed by atoms with van der Waals surface area (Å²) in [4.78, 5) is 11.0. The largest absolute Gasteiger partial charge is 0.494 e. The number of hydrogen-bond acceptors (Lipinski definition) is 4. The van der Waals surface area contributed by atoms with Gasteiger partial charge in [-0.3, -0.25) is 0 Å². The molecule has 1 aromatic heterocycles. The quantitative estimate of drug-likeness (QED) is 0.784. The molecule has 0 saturated heterocycles. The van der Waals surface area contributed by atoms with Crippen LogP contribution >= 0.6 is 0 Å². The van der Waals surface area contributed by atoms with Gasteiger partial charge in [-0.25, -0.2) is 9.48 Å². The minimum absolute atomic E-state index is 0.209. The van der Waals surface area contributed by atoms with E-state index in [2.05, 4.69) is 10.3 Å². The minimum atomic E-state index is -0.973. The van der Waals surface area contributed by atoms with Gasteiger partial charge in [0, 0.05) is 5.56 Å². The maximum atomic E-state index is 11.0. The topological polar surface area (TPSA) is 77.2 Å². The highest BCUT2D eigenvalue weighted by Gasteiger charge is 2.08. The first-order valence-corrected chi connectivity index (χ1v) is 7.16. The molecule has 0 saturated carbocycles. The Morgan fingerprint density at radius 1 is 1.22 bits per heavy atom. The molecule has 6 nitrogen and oxygen atoms in total. The van der Waals surface area contributed by atoms with Gasteiger partial charge in [-0.05, 0) is 49.4 Å². The third-order valence-electron chi connectivity index (χ3n) is 3.31. The van der Waals surface area contributed by atoms with Crippen molar-refractivity contribution >= 4 is 5.97 Å². The van der Waals surface area contributed by atoms with Gasteiger partial charge < -0.3 is 9.84 Å². The Labute approximate surface area is 133 Å². The van der Waals surface area contributed by atoms with Crippen molar-refractivity contribution in [3.63, 3.8) is 0 Å². The van der Waals surface area contributed by atoms with Gasteiger partial charge in [-0.1, -0.05) is 11.3 Å². The smallest absolute Gasteiger partial charge is 0.335 e. The van der Waals surface area contributed by atoms with Crippen molar-refractivity contribution in [1.29, 1.82) is 0 Å². The number of carboxylic acids is 1. The second-order valence-corrected chi connectivity index (χ2v) is 4.86. The molecule has 0 aliphatic heterocycles. The molecule has 6 heteroatoms. The summed E-state index contributed by atoms with van der Waals surface area (Å²) in [6, 6.07) is 14.1. The summed E-state index contributed by atoms with van der Waals surface area (Å²) in [5.41, 5.74) is 2.47. The number of rotatable bonds is 5. The van der Waals surface area contributed by atoms with E-state index in [1.807, 2.05) is 31.2 Å². The summed E-state index contributed by atoms with van der Waals surface area (Å²) in [6.45, 7) is 2.56. The molecular formula is C17H15N3O3. The predicted molar refractivity (Wildman–Crippen MR) is 84.9 cm³/mol. The molecule has 23 heavy (non-hydrogen) atoms. The Morgan fingerprint density at radius 2 is 2.00 bits per heavy atom. The Balaban J connectivity index is 1.88. The molecule has 2 aromatic carbocycles. The van der Waals surface area contributed by atoms with Crippen molar-refractivity contribution in [3.05, 3.63) is 60.3 Å². The normalized spacial score (nSPS) is 10.5. The van der Waals surface area contributed by atoms with E-state index in [4.69, 9.17) is 9.84 Å². The summed E-state index contributed by atoms with van der Waals surface area (Å²) in [5, 5.41) is 17.3. The zero-order valence-corrected chi connectivity index (χ0v) is 12.5. The van der Waals surface area contributed by atoms with E-state index in [1.54, 1.807) is 29.1 Å². The maximum absolute atomic E-state index is 11.0. The zero-order valence-electron chi connectivity index (χ0n) is 12.5. The molecule has 0 aliphatic carbocycles. The molecule has 0 amide bonds. The average molecular weight is 309 g/mol. The first-order valence-electron chi connectivity index (χ1n) is 7.16. The third-order valence-corrected chi connectivity index (χ3v) is 3.31. The van der Waals surface area contributed by atoms with Crippen LogP contribution in [0.5, 0.6) is 5.75 Å². The number of ether oxygens (including phenoxy) is 1. The lowest BCUT2D eigenvalue weighted by Crippen LogP contribution is -2.00. The van der Waals surface area contributed by atoms with Crippen molar-refractivity contribution in [2.24, 2.45) is 0 Å². The summed E-state index contributed by atoms with van der Waals surface area (Å²) >= 11 is 0. The third kappa shape index (κ3) is 3.21. The van der Waals surface area contributed by atoms with Crippen LogP contribution in [0.2, 0.25) is 0 Å². The molecule has 1 N–H and O–H groups in total. The zero-order chi connectivity index (χ0) is 16.2. The molecule has 0 aliphatic rings. The number of carboxylic acid groups (broad SMARTS) is 1. The first-order chi connectivity index (χ1) is 11.2. The van der Waals surface area contributed by atoms with Gasteiger partial charge in [0.05, 0.1) is 24.1 Å². The maximum Gasteiger partial charge on any atom is 0.335 e. The summed E-state index contributed by atoms with van der Waals surface area (Å²) in [6.07, 6.45) is 1.76. The molecule has 0 spiro atoms. The van der Waals surface area contributed by atoms with Gasteiger partial charge in [-0.2, -0.15) is 0 Å². The van der Waals surface area contributed by atoms with E-state index >= 15 is 0 Å². The van der Waals surface area contributed by atoms with Crippen molar-refractivity contribution in [2.45, 2.75) is 6.92 Å². The number of benzene rings is 2. The molecule has 3 rings (SSSR count). The number of aromatic nitrogens is 3. The van der Waals surface area contributed by atoms with Crippen molar-refractivity contribution in [3.8, 4) is 22.7 Å². The van der Waals surface area contributed by atoms with Crippen LogP contribution in [0.4, 0.5) is 0 Å². The van der Waals surface area contributed by atoms with Crippen LogP contribution in [0.3, 0.4) is 0 Å². The molecule has 0 fully saturated rings. The number of aromatic carboxylic acids is 1. The summed E-state index contributed by atoms with van der Waals surface area (Å²) in [7, 11) is 0. The van der Waals surface area contributed by atoms with Crippen LogP contribution in [-0.2, 0) is 0 Å². The van der Waals surface area contributed by atoms with Gasteiger partial charge in [-0.15, -0.1) is 5.10 Å². The predicted octanol–water partition coefficient (Wildman–Crippen LogP) is 3.03. The molecule has 0 bridgehead atoms. The van der Waals surface area contributed by atoms with Gasteiger partial charge in [0.1, 0.15) is 11.4 Å². The first kappa shape index (κ1) is 14.8. The minimum Gasteiger partial charge on any atom is -0.494 e. The van der Waals surface area contributed by atoms with Crippen LogP contribution < -0.4 is 4.74 Å². The number of nitrogens with zero attached hydrogens (tertiary/aromatic N) is 3. The second kappa shape index (κ2) is 6.31. The number of carbonyl (C=O) groups is 1. The van der Waals surface area contributed by atoms with Crippen LogP contribution in [0.25, 0.3) is 16.9 Å². The van der Waals surface area contributed by atoms with Crippen LogP contribution in [-0.4, -0.2) is 32.7 Å². The van der Waals surface area contributed by atoms with E-state index in [-0.39, 0.29) is 5.56 Å². The SMILES string of the molecule is CCOc1ccc(-c2cn(-c3cccc(C(=O)O)c3)nn2)cc1.